The molecule has 2 aromatic rings. The first kappa shape index (κ1) is 17.0. The summed E-state index contributed by atoms with van der Waals surface area (Å²) < 4.78 is 33.8. The molecule has 130 valence electrons. The number of hydrogen-bond acceptors (Lipinski definition) is 6. The Morgan fingerprint density at radius 2 is 2.33 bits per heavy atom. The molecule has 1 aliphatic heterocycles. The largest absolute Gasteiger partial charge is 0.375 e. The molecule has 0 fully saturated rings. The van der Waals surface area contributed by atoms with Crippen LogP contribution in [0.2, 0.25) is 0 Å². The molecule has 8 nitrogen and oxygen atoms in total. The van der Waals surface area contributed by atoms with E-state index >= 15 is 0 Å². The van der Waals surface area contributed by atoms with E-state index in [1.54, 1.807) is 17.1 Å². The van der Waals surface area contributed by atoms with Gasteiger partial charge in [-0.25, -0.2) is 17.8 Å². The molecular formula is C15H21N5O3S. The summed E-state index contributed by atoms with van der Waals surface area (Å²) in [5.74, 6) is 0.154. The van der Waals surface area contributed by atoms with Crippen molar-refractivity contribution in [2.75, 3.05) is 18.9 Å². The molecule has 0 amide bonds. The summed E-state index contributed by atoms with van der Waals surface area (Å²) in [5.41, 5.74) is 2.54. The van der Waals surface area contributed by atoms with E-state index in [9.17, 15) is 8.42 Å². The zero-order chi connectivity index (χ0) is 17.0. The van der Waals surface area contributed by atoms with Crippen molar-refractivity contribution in [3.63, 3.8) is 0 Å². The Kier molecular flexibility index (Phi) is 5.22. The summed E-state index contributed by atoms with van der Waals surface area (Å²) in [5, 5.41) is 8.44. The van der Waals surface area contributed by atoms with Gasteiger partial charge in [0.25, 0.3) is 0 Å². The molecule has 0 saturated carbocycles. The lowest BCUT2D eigenvalue weighted by atomic mass is 10.1. The molecule has 0 aliphatic carbocycles. The van der Waals surface area contributed by atoms with Gasteiger partial charge in [0.1, 0.15) is 5.69 Å². The van der Waals surface area contributed by atoms with Gasteiger partial charge >= 0.3 is 0 Å². The molecule has 0 radical (unpaired) electrons. The lowest BCUT2D eigenvalue weighted by molar-refractivity contribution is 0.0959. The lowest BCUT2D eigenvalue weighted by Crippen LogP contribution is -2.34. The number of rotatable bonds is 6. The molecule has 0 saturated heterocycles. The zero-order valence-electron chi connectivity index (χ0n) is 13.6. The first-order valence-electron chi connectivity index (χ1n) is 7.97. The van der Waals surface area contributed by atoms with Gasteiger partial charge in [-0.15, -0.1) is 5.10 Å². The minimum atomic E-state index is -3.22. The van der Waals surface area contributed by atoms with Gasteiger partial charge in [0, 0.05) is 37.0 Å². The highest BCUT2D eigenvalue weighted by Gasteiger charge is 2.23. The number of nitrogens with one attached hydrogen (secondary N) is 1. The quantitative estimate of drug-likeness (QED) is 0.827. The van der Waals surface area contributed by atoms with Crippen molar-refractivity contribution in [2.24, 2.45) is 5.92 Å². The number of hydrogen-bond donors (Lipinski definition) is 1. The standard InChI is InChI=1S/C15H21N5O3S/c1-2-6-24(21,22)17-7-12-9-20-14(11-23-10-12)15(18-19-20)13-4-3-5-16-8-13/h3-5,8,12,17H,2,6-7,9-11H2,1H3. The average Bonchev–Trinajstić information content (AvgIpc) is 2.85. The van der Waals surface area contributed by atoms with E-state index in [1.165, 1.54) is 0 Å². The van der Waals surface area contributed by atoms with E-state index in [1.807, 2.05) is 19.1 Å². The minimum Gasteiger partial charge on any atom is -0.375 e. The van der Waals surface area contributed by atoms with Crippen molar-refractivity contribution in [3.8, 4) is 11.3 Å². The van der Waals surface area contributed by atoms with E-state index in [-0.39, 0.29) is 11.7 Å². The molecule has 24 heavy (non-hydrogen) atoms. The van der Waals surface area contributed by atoms with Crippen LogP contribution in [0.3, 0.4) is 0 Å². The molecule has 0 aromatic carbocycles. The maximum absolute atomic E-state index is 11.8. The molecule has 1 unspecified atom stereocenters. The Hall–Kier alpha value is -1.84. The Balaban J connectivity index is 1.72. The third-order valence-electron chi connectivity index (χ3n) is 3.86. The fraction of sp³-hybridized carbons (Fsp3) is 0.533. The molecule has 0 bridgehead atoms. The van der Waals surface area contributed by atoms with Gasteiger partial charge in [0.15, 0.2) is 0 Å². The van der Waals surface area contributed by atoms with Gasteiger partial charge in [0.2, 0.25) is 10.0 Å². The van der Waals surface area contributed by atoms with Crippen molar-refractivity contribution in [2.45, 2.75) is 26.5 Å². The molecule has 0 spiro atoms. The van der Waals surface area contributed by atoms with Crippen molar-refractivity contribution < 1.29 is 13.2 Å². The van der Waals surface area contributed by atoms with E-state index in [2.05, 4.69) is 20.0 Å². The summed E-state index contributed by atoms with van der Waals surface area (Å²) in [6, 6.07) is 3.78. The smallest absolute Gasteiger partial charge is 0.211 e. The Labute approximate surface area is 141 Å². The molecule has 2 aromatic heterocycles. The SMILES string of the molecule is CCCS(=O)(=O)NCC1COCc2c(-c3cccnc3)nnn2C1. The second kappa shape index (κ2) is 7.37. The van der Waals surface area contributed by atoms with Gasteiger partial charge in [0.05, 0.1) is 24.7 Å². The summed E-state index contributed by atoms with van der Waals surface area (Å²) >= 11 is 0. The monoisotopic (exact) mass is 351 g/mol. The maximum atomic E-state index is 11.8. The molecule has 3 heterocycles. The van der Waals surface area contributed by atoms with Crippen LogP contribution in [-0.2, 0) is 27.9 Å². The third-order valence-corrected chi connectivity index (χ3v) is 5.41. The highest BCUT2D eigenvalue weighted by molar-refractivity contribution is 7.89. The van der Waals surface area contributed by atoms with E-state index < -0.39 is 10.0 Å². The summed E-state index contributed by atoms with van der Waals surface area (Å²) in [6.07, 6.45) is 4.05. The summed E-state index contributed by atoms with van der Waals surface area (Å²) in [7, 11) is -3.22. The van der Waals surface area contributed by atoms with Crippen LogP contribution < -0.4 is 4.72 Å². The predicted molar refractivity (Wildman–Crippen MR) is 88.5 cm³/mol. The fourth-order valence-corrected chi connectivity index (χ4v) is 3.85. The molecule has 1 N–H and O–H groups in total. The first-order valence-corrected chi connectivity index (χ1v) is 9.62. The van der Waals surface area contributed by atoms with Crippen LogP contribution in [0.4, 0.5) is 0 Å². The minimum absolute atomic E-state index is 0.0151. The van der Waals surface area contributed by atoms with Crippen LogP contribution in [0.1, 0.15) is 19.0 Å². The van der Waals surface area contributed by atoms with Crippen LogP contribution in [0.15, 0.2) is 24.5 Å². The van der Waals surface area contributed by atoms with Crippen molar-refractivity contribution in [1.82, 2.24) is 24.7 Å². The van der Waals surface area contributed by atoms with Crippen LogP contribution >= 0.6 is 0 Å². The third kappa shape index (κ3) is 3.97. The van der Waals surface area contributed by atoms with Crippen molar-refractivity contribution in [3.05, 3.63) is 30.2 Å². The van der Waals surface area contributed by atoms with Crippen LogP contribution in [0.5, 0.6) is 0 Å². The number of aromatic nitrogens is 4. The van der Waals surface area contributed by atoms with Gasteiger partial charge in [-0.3, -0.25) is 4.98 Å². The van der Waals surface area contributed by atoms with Crippen LogP contribution in [0.25, 0.3) is 11.3 Å². The zero-order valence-corrected chi connectivity index (χ0v) is 14.4. The van der Waals surface area contributed by atoms with Crippen LogP contribution in [0, 0.1) is 5.92 Å². The van der Waals surface area contributed by atoms with E-state index in [0.29, 0.717) is 32.7 Å². The number of pyridine rings is 1. The number of ether oxygens (including phenoxy) is 1. The molecule has 3 rings (SSSR count). The highest BCUT2D eigenvalue weighted by atomic mass is 32.2. The first-order chi connectivity index (χ1) is 11.6. The number of sulfonamides is 1. The van der Waals surface area contributed by atoms with Gasteiger partial charge in [-0.05, 0) is 18.6 Å². The molecule has 1 atom stereocenters. The maximum Gasteiger partial charge on any atom is 0.211 e. The summed E-state index contributed by atoms with van der Waals surface area (Å²) in [6.45, 7) is 3.62. The highest BCUT2D eigenvalue weighted by Crippen LogP contribution is 2.23. The van der Waals surface area contributed by atoms with Crippen molar-refractivity contribution >= 4 is 10.0 Å². The fourth-order valence-electron chi connectivity index (χ4n) is 2.68. The van der Waals surface area contributed by atoms with E-state index in [4.69, 9.17) is 4.74 Å². The Morgan fingerprint density at radius 1 is 1.46 bits per heavy atom. The molecule has 9 heteroatoms. The van der Waals surface area contributed by atoms with Gasteiger partial charge < -0.3 is 4.74 Å². The van der Waals surface area contributed by atoms with Gasteiger partial charge in [-0.2, -0.15) is 0 Å². The summed E-state index contributed by atoms with van der Waals surface area (Å²) in [4.78, 5) is 4.11. The number of fused-ring (bicyclic) bond motifs is 1. The topological polar surface area (TPSA) is 99.0 Å². The predicted octanol–water partition coefficient (Wildman–Crippen LogP) is 0.816. The second-order valence-electron chi connectivity index (χ2n) is 5.86. The molecule has 1 aliphatic rings. The van der Waals surface area contributed by atoms with Gasteiger partial charge in [-0.1, -0.05) is 12.1 Å². The van der Waals surface area contributed by atoms with Crippen molar-refractivity contribution in [1.29, 1.82) is 0 Å². The Morgan fingerprint density at radius 3 is 3.08 bits per heavy atom. The average molecular weight is 351 g/mol. The lowest BCUT2D eigenvalue weighted by Gasteiger charge is -2.14. The number of nitrogens with zero attached hydrogens (tertiary/aromatic N) is 4. The van der Waals surface area contributed by atoms with Crippen LogP contribution in [-0.4, -0.2) is 47.3 Å². The van der Waals surface area contributed by atoms with E-state index in [0.717, 1.165) is 17.0 Å². The second-order valence-corrected chi connectivity index (χ2v) is 7.78. The Bertz CT molecular complexity index is 776. The molecular weight excluding hydrogens is 330 g/mol. The normalized spacial score (nSPS) is 18.1.